The zero-order valence-electron chi connectivity index (χ0n) is 13.1. The van der Waals surface area contributed by atoms with Crippen LogP contribution in [0.2, 0.25) is 0 Å². The second kappa shape index (κ2) is 6.28. The minimum absolute atomic E-state index is 0.0199. The molecule has 2 aromatic rings. The Labute approximate surface area is 134 Å². The summed E-state index contributed by atoms with van der Waals surface area (Å²) >= 11 is 0. The van der Waals surface area contributed by atoms with E-state index >= 15 is 0 Å². The van der Waals surface area contributed by atoms with Crippen molar-refractivity contribution in [2.45, 2.75) is 25.3 Å². The number of aromatic nitrogens is 3. The number of aryl methyl sites for hydroxylation is 1. The van der Waals surface area contributed by atoms with Crippen molar-refractivity contribution in [3.8, 4) is 0 Å². The maximum Gasteiger partial charge on any atom is 0.325 e. The van der Waals surface area contributed by atoms with E-state index in [-0.39, 0.29) is 18.4 Å². The monoisotopic (exact) mass is 316 g/mol. The molecule has 3 rings (SSSR count). The molecule has 0 radical (unpaired) electrons. The Morgan fingerprint density at radius 1 is 1.39 bits per heavy atom. The average Bonchev–Trinajstić information content (AvgIpc) is 3.15. The number of likely N-dealkylation sites (tertiary alicyclic amines) is 1. The highest BCUT2D eigenvalue weighted by atomic mass is 16.4. The van der Waals surface area contributed by atoms with E-state index in [2.05, 4.69) is 5.10 Å². The van der Waals surface area contributed by atoms with Gasteiger partial charge in [-0.15, -0.1) is 0 Å². The fraction of sp³-hybridized carbons (Fsp3) is 0.438. The lowest BCUT2D eigenvalue weighted by molar-refractivity contribution is -0.137. The van der Waals surface area contributed by atoms with E-state index in [0.717, 1.165) is 25.1 Å². The number of piperidine rings is 1. The number of amides is 1. The first-order valence-electron chi connectivity index (χ1n) is 7.70. The molecule has 23 heavy (non-hydrogen) atoms. The molecular weight excluding hydrogens is 296 g/mol. The molecular formula is C16H20N4O3. The van der Waals surface area contributed by atoms with Crippen molar-refractivity contribution < 1.29 is 14.7 Å². The van der Waals surface area contributed by atoms with E-state index in [1.54, 1.807) is 6.20 Å². The van der Waals surface area contributed by atoms with E-state index in [4.69, 9.17) is 5.11 Å². The molecule has 3 heterocycles. The Morgan fingerprint density at radius 3 is 2.91 bits per heavy atom. The molecule has 122 valence electrons. The van der Waals surface area contributed by atoms with Crippen LogP contribution >= 0.6 is 0 Å². The summed E-state index contributed by atoms with van der Waals surface area (Å²) in [6.45, 7) is 1.17. The first kappa shape index (κ1) is 15.3. The second-order valence-electron chi connectivity index (χ2n) is 5.90. The number of hydrogen-bond acceptors (Lipinski definition) is 3. The van der Waals surface area contributed by atoms with Crippen LogP contribution in [0.25, 0.3) is 0 Å². The highest BCUT2D eigenvalue weighted by Gasteiger charge is 2.28. The lowest BCUT2D eigenvalue weighted by Crippen LogP contribution is -2.40. The third kappa shape index (κ3) is 3.13. The average molecular weight is 316 g/mol. The molecule has 0 bridgehead atoms. The van der Waals surface area contributed by atoms with Gasteiger partial charge in [0.25, 0.3) is 5.91 Å². The molecule has 7 heteroatoms. The normalized spacial score (nSPS) is 18.1. The van der Waals surface area contributed by atoms with Crippen molar-refractivity contribution in [2.24, 2.45) is 7.05 Å². The van der Waals surface area contributed by atoms with Crippen LogP contribution in [0.4, 0.5) is 0 Å². The number of carbonyl (C=O) groups is 2. The fourth-order valence-corrected chi connectivity index (χ4v) is 3.20. The molecule has 1 N–H and O–H groups in total. The number of carboxylic acids is 1. The van der Waals surface area contributed by atoms with Crippen molar-refractivity contribution >= 4 is 11.9 Å². The first-order valence-corrected chi connectivity index (χ1v) is 7.70. The number of nitrogens with zero attached hydrogens (tertiary/aromatic N) is 4. The maximum absolute atomic E-state index is 12.6. The van der Waals surface area contributed by atoms with Gasteiger partial charge in [-0.3, -0.25) is 14.3 Å². The van der Waals surface area contributed by atoms with Crippen LogP contribution in [0, 0.1) is 0 Å². The van der Waals surface area contributed by atoms with Crippen molar-refractivity contribution in [1.82, 2.24) is 19.2 Å². The molecule has 0 saturated carbocycles. The number of aliphatic carboxylic acids is 1. The number of carboxylic acid groups (broad SMARTS) is 1. The SMILES string of the molecule is Cn1cccc1C(=O)N1CCC[C@@H](c2ccnn2CC(=O)O)C1. The quantitative estimate of drug-likeness (QED) is 0.922. The molecule has 1 atom stereocenters. The summed E-state index contributed by atoms with van der Waals surface area (Å²) in [5, 5.41) is 13.1. The van der Waals surface area contributed by atoms with Gasteiger partial charge in [0.1, 0.15) is 12.2 Å². The van der Waals surface area contributed by atoms with Gasteiger partial charge in [-0.25, -0.2) is 0 Å². The van der Waals surface area contributed by atoms with Crippen LogP contribution in [-0.2, 0) is 18.4 Å². The first-order chi connectivity index (χ1) is 11.1. The summed E-state index contributed by atoms with van der Waals surface area (Å²) < 4.78 is 3.34. The molecule has 1 fully saturated rings. The highest BCUT2D eigenvalue weighted by Crippen LogP contribution is 2.27. The van der Waals surface area contributed by atoms with E-state index in [1.165, 1.54) is 4.68 Å². The Morgan fingerprint density at radius 2 is 2.22 bits per heavy atom. The molecule has 0 aromatic carbocycles. The van der Waals surface area contributed by atoms with Gasteiger partial charge in [-0.05, 0) is 31.0 Å². The molecule has 1 aliphatic heterocycles. The third-order valence-electron chi connectivity index (χ3n) is 4.32. The number of rotatable bonds is 4. The highest BCUT2D eigenvalue weighted by molar-refractivity contribution is 5.92. The minimum Gasteiger partial charge on any atom is -0.480 e. The van der Waals surface area contributed by atoms with Gasteiger partial charge in [0.05, 0.1) is 0 Å². The van der Waals surface area contributed by atoms with E-state index < -0.39 is 5.97 Å². The van der Waals surface area contributed by atoms with Gasteiger partial charge in [0.2, 0.25) is 0 Å². The van der Waals surface area contributed by atoms with Gasteiger partial charge < -0.3 is 14.6 Å². The second-order valence-corrected chi connectivity index (χ2v) is 5.90. The molecule has 1 amide bonds. The molecule has 0 spiro atoms. The number of carbonyl (C=O) groups excluding carboxylic acids is 1. The predicted molar refractivity (Wildman–Crippen MR) is 83.2 cm³/mol. The maximum atomic E-state index is 12.6. The summed E-state index contributed by atoms with van der Waals surface area (Å²) in [5.74, 6) is -0.774. The van der Waals surface area contributed by atoms with Crippen LogP contribution in [0.15, 0.2) is 30.6 Å². The van der Waals surface area contributed by atoms with Gasteiger partial charge in [-0.1, -0.05) is 0 Å². The molecule has 0 aliphatic carbocycles. The van der Waals surface area contributed by atoms with Crippen LogP contribution < -0.4 is 0 Å². The molecule has 1 aliphatic rings. The van der Waals surface area contributed by atoms with Crippen LogP contribution in [0.3, 0.4) is 0 Å². The smallest absolute Gasteiger partial charge is 0.325 e. The molecule has 7 nitrogen and oxygen atoms in total. The third-order valence-corrected chi connectivity index (χ3v) is 4.32. The standard InChI is InChI=1S/C16H20N4O3/c1-18-8-3-5-14(18)16(23)19-9-2-4-12(10-19)13-6-7-17-20(13)11-15(21)22/h3,5-8,12H,2,4,9-11H2,1H3,(H,21,22)/t12-/m1/s1. The van der Waals surface area contributed by atoms with Crippen LogP contribution in [0.1, 0.15) is 34.9 Å². The Hall–Kier alpha value is -2.57. The summed E-state index contributed by atoms with van der Waals surface area (Å²) in [6.07, 6.45) is 5.31. The lowest BCUT2D eigenvalue weighted by atomic mass is 9.94. The van der Waals surface area contributed by atoms with Crippen LogP contribution in [0.5, 0.6) is 0 Å². The fourth-order valence-electron chi connectivity index (χ4n) is 3.20. The zero-order valence-corrected chi connectivity index (χ0v) is 13.1. The molecule has 1 saturated heterocycles. The zero-order chi connectivity index (χ0) is 16.4. The minimum atomic E-state index is -0.914. The summed E-state index contributed by atoms with van der Waals surface area (Å²) in [5.41, 5.74) is 1.56. The van der Waals surface area contributed by atoms with Crippen molar-refractivity contribution in [3.63, 3.8) is 0 Å². The van der Waals surface area contributed by atoms with Gasteiger partial charge >= 0.3 is 5.97 Å². The molecule has 0 unspecified atom stereocenters. The van der Waals surface area contributed by atoms with E-state index in [9.17, 15) is 9.59 Å². The van der Waals surface area contributed by atoms with E-state index in [0.29, 0.717) is 12.2 Å². The van der Waals surface area contributed by atoms with Crippen molar-refractivity contribution in [1.29, 1.82) is 0 Å². The molecule has 2 aromatic heterocycles. The van der Waals surface area contributed by atoms with Crippen molar-refractivity contribution in [2.75, 3.05) is 13.1 Å². The summed E-state index contributed by atoms with van der Waals surface area (Å²) in [4.78, 5) is 25.4. The summed E-state index contributed by atoms with van der Waals surface area (Å²) in [7, 11) is 1.86. The van der Waals surface area contributed by atoms with Crippen molar-refractivity contribution in [3.05, 3.63) is 42.0 Å². The van der Waals surface area contributed by atoms with Crippen LogP contribution in [-0.4, -0.2) is 49.3 Å². The summed E-state index contributed by atoms with van der Waals surface area (Å²) in [6, 6.07) is 5.53. The topological polar surface area (TPSA) is 80.4 Å². The van der Waals surface area contributed by atoms with E-state index in [1.807, 2.05) is 40.9 Å². The number of hydrogen-bond donors (Lipinski definition) is 1. The van der Waals surface area contributed by atoms with Gasteiger partial charge in [-0.2, -0.15) is 5.10 Å². The lowest BCUT2D eigenvalue weighted by Gasteiger charge is -2.33. The van der Waals surface area contributed by atoms with Gasteiger partial charge in [0, 0.05) is 44.1 Å². The van der Waals surface area contributed by atoms with Gasteiger partial charge in [0.15, 0.2) is 0 Å². The Kier molecular flexibility index (Phi) is 4.18. The predicted octanol–water partition coefficient (Wildman–Crippen LogP) is 1.33. The Bertz CT molecular complexity index is 718. The largest absolute Gasteiger partial charge is 0.480 e. The Balaban J connectivity index is 1.76.